The Morgan fingerprint density at radius 2 is 2.36 bits per heavy atom. The quantitative estimate of drug-likeness (QED) is 0.722. The van der Waals surface area contributed by atoms with E-state index in [1.165, 1.54) is 12.1 Å². The van der Waals surface area contributed by atoms with Crippen molar-refractivity contribution in [1.29, 1.82) is 0 Å². The second-order valence-corrected chi connectivity index (χ2v) is 2.93. The molecule has 1 heterocycles. The summed E-state index contributed by atoms with van der Waals surface area (Å²) >= 11 is 0. The Labute approximate surface area is 81.1 Å². The second-order valence-electron chi connectivity index (χ2n) is 2.93. The van der Waals surface area contributed by atoms with Crippen molar-refractivity contribution in [3.8, 4) is 0 Å². The van der Waals surface area contributed by atoms with E-state index in [0.717, 1.165) is 6.08 Å². The zero-order valence-electron chi connectivity index (χ0n) is 7.80. The molecular weight excluding hydrogens is 182 g/mol. The summed E-state index contributed by atoms with van der Waals surface area (Å²) in [5.74, 6) is -0.970. The molecular formula is C10H11NO3. The fourth-order valence-electron chi connectivity index (χ4n) is 1.04. The van der Waals surface area contributed by atoms with Crippen molar-refractivity contribution in [1.82, 2.24) is 4.57 Å². The van der Waals surface area contributed by atoms with Crippen LogP contribution in [0.5, 0.6) is 0 Å². The van der Waals surface area contributed by atoms with E-state index in [1.54, 1.807) is 23.9 Å². The number of carboxylic acid groups (broad SMARTS) is 1. The molecule has 0 aliphatic heterocycles. The summed E-state index contributed by atoms with van der Waals surface area (Å²) in [6, 6.07) is 1.46. The minimum absolute atomic E-state index is 0.0107. The summed E-state index contributed by atoms with van der Waals surface area (Å²) in [7, 11) is 0. The predicted molar refractivity (Wildman–Crippen MR) is 52.2 cm³/mol. The maximum Gasteiger partial charge on any atom is 0.328 e. The zero-order valence-corrected chi connectivity index (χ0v) is 7.80. The number of carbonyl (C=O) groups is 1. The first-order valence-electron chi connectivity index (χ1n) is 4.16. The smallest absolute Gasteiger partial charge is 0.328 e. The van der Waals surface area contributed by atoms with Crippen LogP contribution in [-0.4, -0.2) is 15.6 Å². The highest BCUT2D eigenvalue weighted by Crippen LogP contribution is 1.91. The Kier molecular flexibility index (Phi) is 3.23. The van der Waals surface area contributed by atoms with Crippen molar-refractivity contribution in [3.63, 3.8) is 0 Å². The molecule has 1 N–H and O–H groups in total. The van der Waals surface area contributed by atoms with Crippen LogP contribution in [0.1, 0.15) is 5.56 Å². The second kappa shape index (κ2) is 4.41. The first kappa shape index (κ1) is 10.2. The zero-order chi connectivity index (χ0) is 10.6. The number of rotatable bonds is 3. The van der Waals surface area contributed by atoms with Crippen molar-refractivity contribution in [2.45, 2.75) is 13.5 Å². The lowest BCUT2D eigenvalue weighted by Gasteiger charge is -2.02. The Morgan fingerprint density at radius 3 is 2.93 bits per heavy atom. The van der Waals surface area contributed by atoms with Crippen LogP contribution in [0.2, 0.25) is 0 Å². The molecule has 4 nitrogen and oxygen atoms in total. The maximum absolute atomic E-state index is 11.0. The van der Waals surface area contributed by atoms with E-state index in [0.29, 0.717) is 12.1 Å². The molecule has 0 spiro atoms. The van der Waals surface area contributed by atoms with Crippen LogP contribution in [0.3, 0.4) is 0 Å². The summed E-state index contributed by atoms with van der Waals surface area (Å²) in [5, 5.41) is 8.34. The van der Waals surface area contributed by atoms with E-state index in [-0.39, 0.29) is 5.43 Å². The van der Waals surface area contributed by atoms with E-state index >= 15 is 0 Å². The van der Waals surface area contributed by atoms with Gasteiger partial charge in [0, 0.05) is 36.6 Å². The van der Waals surface area contributed by atoms with Crippen LogP contribution >= 0.6 is 0 Å². The van der Waals surface area contributed by atoms with Crippen LogP contribution in [0.15, 0.2) is 35.4 Å². The molecule has 14 heavy (non-hydrogen) atoms. The molecule has 0 aliphatic carbocycles. The first-order valence-corrected chi connectivity index (χ1v) is 4.16. The average molecular weight is 193 g/mol. The van der Waals surface area contributed by atoms with Gasteiger partial charge in [-0.15, -0.1) is 0 Å². The van der Waals surface area contributed by atoms with Gasteiger partial charge in [-0.2, -0.15) is 0 Å². The lowest BCUT2D eigenvalue weighted by Crippen LogP contribution is -2.08. The molecule has 0 saturated carbocycles. The molecule has 0 amide bonds. The highest BCUT2D eigenvalue weighted by atomic mass is 16.4. The monoisotopic (exact) mass is 193 g/mol. The Morgan fingerprint density at radius 1 is 1.64 bits per heavy atom. The van der Waals surface area contributed by atoms with Crippen molar-refractivity contribution in [2.24, 2.45) is 0 Å². The average Bonchev–Trinajstić information content (AvgIpc) is 2.10. The summed E-state index contributed by atoms with van der Waals surface area (Å²) < 4.78 is 1.75. The van der Waals surface area contributed by atoms with Crippen molar-refractivity contribution < 1.29 is 9.90 Å². The number of aliphatic carboxylic acids is 1. The van der Waals surface area contributed by atoms with E-state index in [1.807, 2.05) is 0 Å². The van der Waals surface area contributed by atoms with E-state index < -0.39 is 5.97 Å². The minimum atomic E-state index is -0.970. The van der Waals surface area contributed by atoms with Gasteiger partial charge in [0.2, 0.25) is 0 Å². The van der Waals surface area contributed by atoms with Crippen LogP contribution in [0, 0.1) is 6.92 Å². The van der Waals surface area contributed by atoms with Gasteiger partial charge in [-0.25, -0.2) is 4.79 Å². The fourth-order valence-corrected chi connectivity index (χ4v) is 1.04. The molecule has 0 radical (unpaired) electrons. The number of carboxylic acids is 1. The van der Waals surface area contributed by atoms with Gasteiger partial charge >= 0.3 is 5.97 Å². The standard InChI is InChI=1S/C10H11NO3/c1-8-7-11(6-4-9(8)12)5-2-3-10(13)14/h2-4,6-7H,5H2,1H3,(H,13,14)/b3-2+. The van der Waals surface area contributed by atoms with E-state index in [9.17, 15) is 9.59 Å². The molecule has 4 heteroatoms. The lowest BCUT2D eigenvalue weighted by atomic mass is 10.3. The number of nitrogens with zero attached hydrogens (tertiary/aromatic N) is 1. The lowest BCUT2D eigenvalue weighted by molar-refractivity contribution is -0.131. The summed E-state index contributed by atoms with van der Waals surface area (Å²) in [5.41, 5.74) is 0.639. The van der Waals surface area contributed by atoms with Gasteiger partial charge in [-0.1, -0.05) is 6.08 Å². The number of aromatic nitrogens is 1. The van der Waals surface area contributed by atoms with E-state index in [2.05, 4.69) is 0 Å². The summed E-state index contributed by atoms with van der Waals surface area (Å²) in [6.07, 6.45) is 5.91. The van der Waals surface area contributed by atoms with Gasteiger partial charge in [0.05, 0.1) is 0 Å². The molecule has 0 aliphatic rings. The van der Waals surface area contributed by atoms with Crippen molar-refractivity contribution >= 4 is 5.97 Å². The highest BCUT2D eigenvalue weighted by molar-refractivity contribution is 5.79. The molecule has 0 aromatic carbocycles. The topological polar surface area (TPSA) is 59.3 Å². The molecule has 0 bridgehead atoms. The Bertz CT molecular complexity index is 418. The van der Waals surface area contributed by atoms with Gasteiger partial charge in [-0.05, 0) is 6.92 Å². The van der Waals surface area contributed by atoms with E-state index in [4.69, 9.17) is 5.11 Å². The minimum Gasteiger partial charge on any atom is -0.478 e. The largest absolute Gasteiger partial charge is 0.478 e. The molecule has 1 aromatic heterocycles. The predicted octanol–water partition coefficient (Wildman–Crippen LogP) is 0.798. The maximum atomic E-state index is 11.0. The summed E-state index contributed by atoms with van der Waals surface area (Å²) in [4.78, 5) is 21.2. The fraction of sp³-hybridized carbons (Fsp3) is 0.200. The normalized spacial score (nSPS) is 10.6. The van der Waals surface area contributed by atoms with Gasteiger partial charge in [0.15, 0.2) is 5.43 Å². The van der Waals surface area contributed by atoms with Gasteiger partial charge in [0.25, 0.3) is 0 Å². The van der Waals surface area contributed by atoms with Crippen LogP contribution in [-0.2, 0) is 11.3 Å². The number of hydrogen-bond donors (Lipinski definition) is 1. The van der Waals surface area contributed by atoms with Gasteiger partial charge in [0.1, 0.15) is 0 Å². The molecule has 0 fully saturated rings. The number of aryl methyl sites for hydroxylation is 1. The van der Waals surface area contributed by atoms with Crippen LogP contribution in [0.4, 0.5) is 0 Å². The number of hydrogen-bond acceptors (Lipinski definition) is 2. The Balaban J connectivity index is 2.74. The molecule has 1 rings (SSSR count). The molecule has 0 saturated heterocycles. The highest BCUT2D eigenvalue weighted by Gasteiger charge is 1.92. The molecule has 0 atom stereocenters. The molecule has 0 unspecified atom stereocenters. The van der Waals surface area contributed by atoms with Crippen LogP contribution < -0.4 is 5.43 Å². The van der Waals surface area contributed by atoms with Gasteiger partial charge < -0.3 is 9.67 Å². The van der Waals surface area contributed by atoms with Gasteiger partial charge in [-0.3, -0.25) is 4.79 Å². The SMILES string of the molecule is Cc1cn(C/C=C/C(=O)O)ccc1=O. The molecule has 1 aromatic rings. The van der Waals surface area contributed by atoms with Crippen LogP contribution in [0.25, 0.3) is 0 Å². The Hall–Kier alpha value is -1.84. The third kappa shape index (κ3) is 2.90. The summed E-state index contributed by atoms with van der Waals surface area (Å²) in [6.45, 7) is 2.17. The van der Waals surface area contributed by atoms with Crippen molar-refractivity contribution in [2.75, 3.05) is 0 Å². The number of allylic oxidation sites excluding steroid dienone is 1. The number of pyridine rings is 1. The van der Waals surface area contributed by atoms with Crippen molar-refractivity contribution in [3.05, 3.63) is 46.4 Å². The molecule has 74 valence electrons. The third-order valence-electron chi connectivity index (χ3n) is 1.74. The third-order valence-corrected chi connectivity index (χ3v) is 1.74. The first-order chi connectivity index (χ1) is 6.59.